The van der Waals surface area contributed by atoms with Gasteiger partial charge in [-0.15, -0.1) is 24.8 Å². The van der Waals surface area contributed by atoms with E-state index in [9.17, 15) is 0 Å². The molecule has 11 heavy (non-hydrogen) atoms. The number of hydrogen-bond donors (Lipinski definition) is 0. The van der Waals surface area contributed by atoms with Gasteiger partial charge in [0.15, 0.2) is 0 Å². The Hall–Kier alpha value is 0.127. The van der Waals surface area contributed by atoms with E-state index in [1.165, 1.54) is 21.3 Å². The van der Waals surface area contributed by atoms with Gasteiger partial charge in [-0.3, -0.25) is 0 Å². The summed E-state index contributed by atoms with van der Waals surface area (Å²) < 4.78 is 14.8. The largest absolute Gasteiger partial charge is 0.515 e. The summed E-state index contributed by atoms with van der Waals surface area (Å²) in [7, 11) is 2.16. The van der Waals surface area contributed by atoms with E-state index in [4.69, 9.17) is 24.9 Å². The van der Waals surface area contributed by atoms with Crippen LogP contribution in [0.15, 0.2) is 13.2 Å². The molecule has 0 aromatic carbocycles. The fraction of sp³-hybridized carbons (Fsp3) is 0.667. The van der Waals surface area contributed by atoms with Crippen molar-refractivity contribution in [3.63, 3.8) is 0 Å². The molecule has 0 heterocycles. The van der Waals surface area contributed by atoms with E-state index >= 15 is 0 Å². The van der Waals surface area contributed by atoms with Crippen LogP contribution in [0.2, 0.25) is 0 Å². The molecule has 0 atom stereocenters. The van der Waals surface area contributed by atoms with Gasteiger partial charge in [0.05, 0.1) is 5.50 Å². The van der Waals surface area contributed by atoms with Gasteiger partial charge in [-0.25, -0.2) is 0 Å². The van der Waals surface area contributed by atoms with E-state index in [0.29, 0.717) is 0 Å². The smallest absolute Gasteiger partial charge is 0.376 e. The van der Waals surface area contributed by atoms with Gasteiger partial charge in [0.2, 0.25) is 0 Å². The van der Waals surface area contributed by atoms with E-state index in [0.717, 1.165) is 0 Å². The molecule has 3 nitrogen and oxygen atoms in total. The third kappa shape index (κ3) is 4.55. The zero-order chi connectivity index (χ0) is 9.33. The monoisotopic (exact) mass is 198 g/mol. The summed E-state index contributed by atoms with van der Waals surface area (Å²) in [5.41, 5.74) is 0.288. The first-order valence-electron chi connectivity index (χ1n) is 2.96. The van der Waals surface area contributed by atoms with Crippen molar-refractivity contribution >= 4 is 20.4 Å². The first-order valence-corrected chi connectivity index (χ1v) is 5.42. The van der Waals surface area contributed by atoms with Gasteiger partial charge in [0.1, 0.15) is 0 Å². The first kappa shape index (κ1) is 13.7. The van der Waals surface area contributed by atoms with E-state index in [2.05, 4.69) is 13.2 Å². The second-order valence-electron chi connectivity index (χ2n) is 1.43. The first-order chi connectivity index (χ1) is 5.24. The molecule has 0 amide bonds. The molecule has 0 unspecified atom stereocenters. The molecular weight excluding hydrogens is 184 g/mol. The molecule has 5 heteroatoms. The van der Waals surface area contributed by atoms with Crippen LogP contribution in [0.1, 0.15) is 0 Å². The fourth-order valence-corrected chi connectivity index (χ4v) is 2.22. The summed E-state index contributed by atoms with van der Waals surface area (Å²) in [6, 6.07) is 0. The molecule has 0 aromatic heterocycles. The van der Waals surface area contributed by atoms with Crippen molar-refractivity contribution in [3.05, 3.63) is 13.2 Å². The molecule has 0 bridgehead atoms. The van der Waals surface area contributed by atoms with Crippen molar-refractivity contribution in [2.24, 2.45) is 0 Å². The molecule has 0 aromatic rings. The van der Waals surface area contributed by atoms with E-state index in [-0.39, 0.29) is 5.50 Å². The minimum Gasteiger partial charge on any atom is -0.376 e. The van der Waals surface area contributed by atoms with E-state index in [1.807, 2.05) is 0 Å². The summed E-state index contributed by atoms with van der Waals surface area (Å²) in [5.74, 6) is 0. The van der Waals surface area contributed by atoms with Crippen molar-refractivity contribution in [1.82, 2.24) is 0 Å². The summed E-state index contributed by atoms with van der Waals surface area (Å²) in [6.07, 6.45) is 0. The second-order valence-corrected chi connectivity index (χ2v) is 5.09. The quantitative estimate of drug-likeness (QED) is 0.389. The van der Waals surface area contributed by atoms with Gasteiger partial charge in [0, 0.05) is 21.3 Å². The van der Waals surface area contributed by atoms with Crippen molar-refractivity contribution < 1.29 is 13.3 Å². The highest BCUT2D eigenvalue weighted by Gasteiger charge is 2.36. The summed E-state index contributed by atoms with van der Waals surface area (Å²) >= 11 is 5.51. The molecular formula is C6H15ClO3Si. The van der Waals surface area contributed by atoms with E-state index < -0.39 is 8.80 Å². The average Bonchev–Trinajstić information content (AvgIpc) is 2.13. The van der Waals surface area contributed by atoms with Crippen LogP contribution in [0.25, 0.3) is 0 Å². The van der Waals surface area contributed by atoms with Crippen LogP contribution in [0.3, 0.4) is 0 Å². The lowest BCUT2D eigenvalue weighted by molar-refractivity contribution is 0.130. The molecule has 0 saturated carbocycles. The predicted molar refractivity (Wildman–Crippen MR) is 48.8 cm³/mol. The van der Waals surface area contributed by atoms with Crippen LogP contribution in [0.5, 0.6) is 0 Å². The molecule has 0 aliphatic heterocycles. The topological polar surface area (TPSA) is 27.7 Å². The summed E-state index contributed by atoms with van der Waals surface area (Å²) in [4.78, 5) is 0. The maximum Gasteiger partial charge on any atom is 0.515 e. The summed E-state index contributed by atoms with van der Waals surface area (Å²) in [6.45, 7) is 6.00. The summed E-state index contributed by atoms with van der Waals surface area (Å²) in [5, 5.41) is 0. The van der Waals surface area contributed by atoms with Crippen molar-refractivity contribution in [2.45, 2.75) is 0 Å². The second kappa shape index (κ2) is 8.23. The Kier molecular flexibility index (Phi) is 10.2. The van der Waals surface area contributed by atoms with Gasteiger partial charge in [-0.1, -0.05) is 0 Å². The molecule has 68 valence electrons. The Balaban J connectivity index is 0. The normalized spacial score (nSPS) is 10.2. The zero-order valence-electron chi connectivity index (χ0n) is 7.22. The fourth-order valence-electron chi connectivity index (χ4n) is 0.414. The number of halogens is 1. The van der Waals surface area contributed by atoms with Crippen LogP contribution in [-0.2, 0) is 13.3 Å². The minimum atomic E-state index is -2.43. The lowest BCUT2D eigenvalue weighted by Gasteiger charge is -2.20. The molecule has 0 N–H and O–H groups in total. The Morgan fingerprint density at radius 2 is 1.36 bits per heavy atom. The molecule has 0 rings (SSSR count). The van der Waals surface area contributed by atoms with Crippen LogP contribution < -0.4 is 0 Å². The van der Waals surface area contributed by atoms with Gasteiger partial charge in [0.25, 0.3) is 0 Å². The lowest BCUT2D eigenvalue weighted by atomic mass is 11.3. The number of rotatable bonds is 4. The molecule has 0 aliphatic carbocycles. The molecule has 0 radical (unpaired) electrons. The lowest BCUT2D eigenvalue weighted by Crippen LogP contribution is -2.45. The van der Waals surface area contributed by atoms with Crippen LogP contribution in [-0.4, -0.2) is 35.6 Å². The number of alkyl halides is 1. The van der Waals surface area contributed by atoms with Crippen molar-refractivity contribution in [2.75, 3.05) is 26.8 Å². The Morgan fingerprint density at radius 3 is 1.36 bits per heavy atom. The van der Waals surface area contributed by atoms with E-state index in [1.54, 1.807) is 0 Å². The highest BCUT2D eigenvalue weighted by molar-refractivity contribution is 6.68. The minimum absolute atomic E-state index is 0.288. The Bertz CT molecular complexity index is 70.4. The Labute approximate surface area is 74.3 Å². The Morgan fingerprint density at radius 1 is 1.09 bits per heavy atom. The van der Waals surface area contributed by atoms with Gasteiger partial charge >= 0.3 is 8.80 Å². The van der Waals surface area contributed by atoms with Crippen LogP contribution >= 0.6 is 11.6 Å². The van der Waals surface area contributed by atoms with Gasteiger partial charge in [-0.2, -0.15) is 0 Å². The van der Waals surface area contributed by atoms with Crippen molar-refractivity contribution in [1.29, 1.82) is 0 Å². The molecule has 0 aliphatic rings. The van der Waals surface area contributed by atoms with Gasteiger partial charge < -0.3 is 13.3 Å². The third-order valence-corrected chi connectivity index (χ3v) is 4.27. The SMILES string of the molecule is C=C.CO[Si](CCl)(OC)OC. The highest BCUT2D eigenvalue weighted by Crippen LogP contribution is 2.06. The maximum atomic E-state index is 5.51. The van der Waals surface area contributed by atoms with Crippen molar-refractivity contribution in [3.8, 4) is 0 Å². The van der Waals surface area contributed by atoms with Crippen LogP contribution in [0, 0.1) is 0 Å². The predicted octanol–water partition coefficient (Wildman–Crippen LogP) is 1.44. The molecule has 0 fully saturated rings. The standard InChI is InChI=1S/C4H11ClO3Si.C2H4/c1-6-9(4-5,7-2)8-3;1-2/h4H2,1-3H3;1-2H2. The zero-order valence-corrected chi connectivity index (χ0v) is 8.98. The third-order valence-electron chi connectivity index (χ3n) is 1.10. The average molecular weight is 199 g/mol. The highest BCUT2D eigenvalue weighted by atomic mass is 35.5. The molecule has 0 saturated heterocycles. The maximum absolute atomic E-state index is 5.51. The van der Waals surface area contributed by atoms with Gasteiger partial charge in [-0.05, 0) is 0 Å². The molecule has 0 spiro atoms. The number of hydrogen-bond acceptors (Lipinski definition) is 3. The van der Waals surface area contributed by atoms with Crippen LogP contribution in [0.4, 0.5) is 0 Å².